The number of rotatable bonds is 3. The van der Waals surface area contributed by atoms with Crippen LogP contribution in [0.5, 0.6) is 0 Å². The minimum absolute atomic E-state index is 0.468. The Kier molecular flexibility index (Phi) is 3.45. The average molecular weight is 271 g/mol. The second-order valence-corrected chi connectivity index (χ2v) is 5.79. The number of nitrogens with zero attached hydrogens (tertiary/aromatic N) is 1. The highest BCUT2D eigenvalue weighted by Crippen LogP contribution is 2.40. The lowest BCUT2D eigenvalue weighted by Gasteiger charge is -2.04. The first-order chi connectivity index (χ1) is 8.00. The van der Waals surface area contributed by atoms with Crippen LogP contribution in [0.4, 0.5) is 5.82 Å². The normalized spacial score (nSPS) is 11.4. The molecule has 0 aliphatic carbocycles. The van der Waals surface area contributed by atoms with Gasteiger partial charge in [0.05, 0.1) is 9.90 Å². The third-order valence-electron chi connectivity index (χ3n) is 2.54. The van der Waals surface area contributed by atoms with Gasteiger partial charge in [-0.05, 0) is 30.2 Å². The molecule has 0 fully saturated rings. The second kappa shape index (κ2) is 4.70. The van der Waals surface area contributed by atoms with E-state index in [1.807, 2.05) is 12.3 Å². The van der Waals surface area contributed by atoms with E-state index >= 15 is 0 Å². The summed E-state index contributed by atoms with van der Waals surface area (Å²) < 4.78 is 5.33. The lowest BCUT2D eigenvalue weighted by Crippen LogP contribution is -1.98. The van der Waals surface area contributed by atoms with Crippen molar-refractivity contribution in [1.82, 2.24) is 5.16 Å². The summed E-state index contributed by atoms with van der Waals surface area (Å²) in [6, 6.07) is 0. The van der Waals surface area contributed by atoms with E-state index < -0.39 is 0 Å². The number of thiophene rings is 1. The molecule has 0 atom stereocenters. The molecule has 2 rings (SSSR count). The van der Waals surface area contributed by atoms with Crippen LogP contribution in [-0.2, 0) is 6.42 Å². The van der Waals surface area contributed by atoms with Gasteiger partial charge in [0.2, 0.25) is 0 Å². The Morgan fingerprint density at radius 3 is 2.76 bits per heavy atom. The number of nitrogen functional groups attached to an aromatic ring is 1. The van der Waals surface area contributed by atoms with Gasteiger partial charge >= 0.3 is 0 Å². The van der Waals surface area contributed by atoms with Crippen LogP contribution in [0.3, 0.4) is 0 Å². The van der Waals surface area contributed by atoms with Gasteiger partial charge in [-0.1, -0.05) is 30.6 Å². The van der Waals surface area contributed by atoms with Crippen LogP contribution in [-0.4, -0.2) is 5.16 Å². The van der Waals surface area contributed by atoms with Crippen molar-refractivity contribution in [3.8, 4) is 10.6 Å². The molecule has 0 saturated heterocycles. The minimum Gasteiger partial charge on any atom is -0.381 e. The van der Waals surface area contributed by atoms with Crippen molar-refractivity contribution < 1.29 is 4.52 Å². The summed E-state index contributed by atoms with van der Waals surface area (Å²) >= 11 is 7.81. The molecule has 5 heteroatoms. The monoisotopic (exact) mass is 270 g/mol. The van der Waals surface area contributed by atoms with Crippen LogP contribution in [0.1, 0.15) is 25.0 Å². The van der Waals surface area contributed by atoms with Gasteiger partial charge < -0.3 is 10.3 Å². The summed E-state index contributed by atoms with van der Waals surface area (Å²) in [4.78, 5) is 0.920. The Morgan fingerprint density at radius 1 is 1.53 bits per heavy atom. The Bertz CT molecular complexity index is 531. The van der Waals surface area contributed by atoms with Gasteiger partial charge in [0.1, 0.15) is 0 Å². The first-order valence-electron chi connectivity index (χ1n) is 5.48. The number of halogens is 1. The quantitative estimate of drug-likeness (QED) is 0.912. The van der Waals surface area contributed by atoms with E-state index in [0.29, 0.717) is 11.7 Å². The molecule has 0 aliphatic rings. The fourth-order valence-corrected chi connectivity index (χ4v) is 2.97. The third-order valence-corrected chi connectivity index (χ3v) is 4.23. The molecule has 0 bridgehead atoms. The zero-order valence-corrected chi connectivity index (χ0v) is 11.7. The maximum atomic E-state index is 6.24. The van der Waals surface area contributed by atoms with Crippen molar-refractivity contribution in [2.75, 3.05) is 5.73 Å². The topological polar surface area (TPSA) is 52.0 Å². The van der Waals surface area contributed by atoms with E-state index in [-0.39, 0.29) is 0 Å². The van der Waals surface area contributed by atoms with Crippen molar-refractivity contribution in [3.63, 3.8) is 0 Å². The minimum atomic E-state index is 0.468. The molecule has 0 saturated carbocycles. The molecule has 0 aliphatic heterocycles. The second-order valence-electron chi connectivity index (χ2n) is 4.54. The Hall–Kier alpha value is -1.00. The molecule has 2 heterocycles. The number of hydrogen-bond donors (Lipinski definition) is 1. The zero-order chi connectivity index (χ0) is 12.6. The van der Waals surface area contributed by atoms with Gasteiger partial charge in [0.15, 0.2) is 11.6 Å². The highest BCUT2D eigenvalue weighted by molar-refractivity contribution is 7.14. The summed E-state index contributed by atoms with van der Waals surface area (Å²) in [5, 5.41) is 6.59. The number of nitrogens with two attached hydrogens (primary N) is 1. The van der Waals surface area contributed by atoms with Gasteiger partial charge in [-0.15, -0.1) is 11.3 Å². The first kappa shape index (κ1) is 12.5. The summed E-state index contributed by atoms with van der Waals surface area (Å²) in [5.41, 5.74) is 7.86. The highest BCUT2D eigenvalue weighted by Gasteiger charge is 2.21. The molecule has 92 valence electrons. The Labute approximate surface area is 110 Å². The van der Waals surface area contributed by atoms with E-state index in [0.717, 1.165) is 33.2 Å². The lowest BCUT2D eigenvalue weighted by atomic mass is 10.0. The van der Waals surface area contributed by atoms with Crippen molar-refractivity contribution in [1.29, 1.82) is 0 Å². The van der Waals surface area contributed by atoms with Crippen molar-refractivity contribution in [2.45, 2.75) is 27.2 Å². The molecule has 0 spiro atoms. The predicted octanol–water partition coefficient (Wildman–Crippen LogP) is 4.15. The molecule has 2 aromatic heterocycles. The van der Waals surface area contributed by atoms with Crippen molar-refractivity contribution in [3.05, 3.63) is 21.5 Å². The molecule has 0 amide bonds. The molecular formula is C12H15ClN2OS. The molecule has 2 N–H and O–H groups in total. The number of hydrogen-bond acceptors (Lipinski definition) is 4. The number of anilines is 1. The molecule has 0 aromatic carbocycles. The fraction of sp³-hybridized carbons (Fsp3) is 0.417. The van der Waals surface area contributed by atoms with Crippen LogP contribution >= 0.6 is 22.9 Å². The molecular weight excluding hydrogens is 256 g/mol. The Morgan fingerprint density at radius 2 is 2.24 bits per heavy atom. The summed E-state index contributed by atoms with van der Waals surface area (Å²) in [5.74, 6) is 1.69. The highest BCUT2D eigenvalue weighted by atomic mass is 35.5. The van der Waals surface area contributed by atoms with Gasteiger partial charge in [0.25, 0.3) is 0 Å². The Balaban J connectivity index is 2.49. The summed E-state index contributed by atoms with van der Waals surface area (Å²) in [7, 11) is 0. The molecule has 0 radical (unpaired) electrons. The summed E-state index contributed by atoms with van der Waals surface area (Å²) in [6.07, 6.45) is 0.845. The van der Waals surface area contributed by atoms with E-state index in [1.165, 1.54) is 0 Å². The van der Waals surface area contributed by atoms with Crippen molar-refractivity contribution >= 4 is 28.8 Å². The van der Waals surface area contributed by atoms with E-state index in [4.69, 9.17) is 21.9 Å². The number of aryl methyl sites for hydroxylation is 1. The van der Waals surface area contributed by atoms with Crippen LogP contribution in [0.15, 0.2) is 9.90 Å². The maximum absolute atomic E-state index is 6.24. The van der Waals surface area contributed by atoms with Crippen LogP contribution in [0.25, 0.3) is 10.6 Å². The maximum Gasteiger partial charge on any atom is 0.183 e. The predicted molar refractivity (Wildman–Crippen MR) is 72.5 cm³/mol. The van der Waals surface area contributed by atoms with Gasteiger partial charge in [-0.3, -0.25) is 0 Å². The first-order valence-corrected chi connectivity index (χ1v) is 6.74. The van der Waals surface area contributed by atoms with E-state index in [2.05, 4.69) is 19.0 Å². The van der Waals surface area contributed by atoms with Gasteiger partial charge in [0, 0.05) is 5.56 Å². The zero-order valence-electron chi connectivity index (χ0n) is 10.1. The standard InChI is InChI=1S/C12H15ClN2OS/c1-6(2)4-8-10(16-15-12(8)14)11-9(13)7(3)5-17-11/h5-6H,4H2,1-3H3,(H2,14,15). The molecule has 0 unspecified atom stereocenters. The molecule has 2 aromatic rings. The van der Waals surface area contributed by atoms with Gasteiger partial charge in [-0.2, -0.15) is 0 Å². The average Bonchev–Trinajstić information content (AvgIpc) is 2.75. The van der Waals surface area contributed by atoms with Crippen molar-refractivity contribution in [2.24, 2.45) is 5.92 Å². The number of aromatic nitrogens is 1. The third kappa shape index (κ3) is 2.33. The smallest absolute Gasteiger partial charge is 0.183 e. The van der Waals surface area contributed by atoms with Gasteiger partial charge in [-0.25, -0.2) is 0 Å². The largest absolute Gasteiger partial charge is 0.381 e. The van der Waals surface area contributed by atoms with E-state index in [9.17, 15) is 0 Å². The SMILES string of the molecule is Cc1csc(-c2onc(N)c2CC(C)C)c1Cl. The van der Waals surface area contributed by atoms with Crippen LogP contribution in [0.2, 0.25) is 5.02 Å². The van der Waals surface area contributed by atoms with E-state index in [1.54, 1.807) is 11.3 Å². The molecule has 17 heavy (non-hydrogen) atoms. The lowest BCUT2D eigenvalue weighted by molar-refractivity contribution is 0.435. The van der Waals surface area contributed by atoms with Crippen LogP contribution < -0.4 is 5.73 Å². The van der Waals surface area contributed by atoms with Crippen LogP contribution in [0, 0.1) is 12.8 Å². The molecule has 3 nitrogen and oxygen atoms in total. The fourth-order valence-electron chi connectivity index (χ4n) is 1.69. The summed E-state index contributed by atoms with van der Waals surface area (Å²) in [6.45, 7) is 6.25.